The molecule has 2 aromatic carbocycles. The van der Waals surface area contributed by atoms with Crippen LogP contribution in [0.4, 0.5) is 4.39 Å². The van der Waals surface area contributed by atoms with Crippen LogP contribution in [0.3, 0.4) is 0 Å². The molecular formula is C21H26BrFN2O3. The lowest BCUT2D eigenvalue weighted by Crippen LogP contribution is -2.32. The fourth-order valence-electron chi connectivity index (χ4n) is 3.08. The van der Waals surface area contributed by atoms with Crippen molar-refractivity contribution in [3.05, 3.63) is 69.9 Å². The van der Waals surface area contributed by atoms with Gasteiger partial charge in [-0.15, -0.1) is 0 Å². The Hall–Kier alpha value is -1.80. The van der Waals surface area contributed by atoms with Gasteiger partial charge in [-0.2, -0.15) is 0 Å². The largest absolute Gasteiger partial charge is 0.377 e. The van der Waals surface area contributed by atoms with Gasteiger partial charge in [0.1, 0.15) is 5.82 Å². The number of nitrogens with one attached hydrogen (secondary N) is 2. The van der Waals surface area contributed by atoms with Gasteiger partial charge in [-0.05, 0) is 67.7 Å². The molecule has 0 fully saturated rings. The standard InChI is InChI=1S/C21H26BrFN2O3/c1-28-20(16-5-7-19(23)8-6-16)14-17(21(26)25-27)10-12-24-11-9-15-3-2-4-18(22)13-15/h2-8,13,17,20,24,27H,9-12,14H2,1H3,(H,25,26). The zero-order chi connectivity index (χ0) is 20.4. The van der Waals surface area contributed by atoms with Crippen LogP contribution in [0.25, 0.3) is 0 Å². The van der Waals surface area contributed by atoms with E-state index in [9.17, 15) is 9.18 Å². The third-order valence-electron chi connectivity index (χ3n) is 4.65. The molecule has 0 bridgehead atoms. The fourth-order valence-corrected chi connectivity index (χ4v) is 3.52. The SMILES string of the molecule is COC(CC(CCNCCc1cccc(Br)c1)C(=O)NO)c1ccc(F)cc1. The third kappa shape index (κ3) is 7.31. The molecule has 0 aliphatic rings. The lowest BCUT2D eigenvalue weighted by Gasteiger charge is -2.22. The monoisotopic (exact) mass is 452 g/mol. The predicted molar refractivity (Wildman–Crippen MR) is 110 cm³/mol. The molecule has 0 aromatic heterocycles. The number of hydroxylamine groups is 1. The molecule has 0 spiro atoms. The van der Waals surface area contributed by atoms with Gasteiger partial charge in [0.15, 0.2) is 0 Å². The van der Waals surface area contributed by atoms with Crippen LogP contribution in [-0.2, 0) is 16.0 Å². The Labute approximate surface area is 173 Å². The average molecular weight is 453 g/mol. The summed E-state index contributed by atoms with van der Waals surface area (Å²) >= 11 is 3.46. The first-order chi connectivity index (χ1) is 13.5. The molecule has 0 saturated carbocycles. The number of ether oxygens (including phenoxy) is 1. The Balaban J connectivity index is 1.85. The molecule has 28 heavy (non-hydrogen) atoms. The lowest BCUT2D eigenvalue weighted by molar-refractivity contribution is -0.134. The van der Waals surface area contributed by atoms with Crippen molar-refractivity contribution in [3.63, 3.8) is 0 Å². The van der Waals surface area contributed by atoms with Gasteiger partial charge >= 0.3 is 0 Å². The molecular weight excluding hydrogens is 427 g/mol. The predicted octanol–water partition coefficient (Wildman–Crippen LogP) is 4.01. The molecule has 5 nitrogen and oxygen atoms in total. The first-order valence-corrected chi connectivity index (χ1v) is 10.00. The Morgan fingerprint density at radius 2 is 1.96 bits per heavy atom. The van der Waals surface area contributed by atoms with Crippen LogP contribution in [0, 0.1) is 11.7 Å². The van der Waals surface area contributed by atoms with E-state index in [2.05, 4.69) is 33.4 Å². The highest BCUT2D eigenvalue weighted by Gasteiger charge is 2.23. The lowest BCUT2D eigenvalue weighted by atomic mass is 9.93. The molecule has 2 aromatic rings. The number of carbonyl (C=O) groups is 1. The quantitative estimate of drug-likeness (QED) is 0.273. The molecule has 152 valence electrons. The van der Waals surface area contributed by atoms with E-state index < -0.39 is 11.8 Å². The minimum Gasteiger partial charge on any atom is -0.377 e. The Morgan fingerprint density at radius 1 is 1.21 bits per heavy atom. The van der Waals surface area contributed by atoms with Gasteiger partial charge in [0.25, 0.3) is 0 Å². The maximum atomic E-state index is 13.1. The maximum Gasteiger partial charge on any atom is 0.246 e. The first kappa shape index (κ1) is 22.5. The average Bonchev–Trinajstić information content (AvgIpc) is 2.70. The van der Waals surface area contributed by atoms with Crippen molar-refractivity contribution in [2.24, 2.45) is 5.92 Å². The summed E-state index contributed by atoms with van der Waals surface area (Å²) in [4.78, 5) is 12.1. The van der Waals surface area contributed by atoms with Gasteiger partial charge < -0.3 is 10.1 Å². The summed E-state index contributed by atoms with van der Waals surface area (Å²) in [6.07, 6.45) is 1.46. The van der Waals surface area contributed by atoms with Gasteiger partial charge in [-0.25, -0.2) is 9.87 Å². The zero-order valence-electron chi connectivity index (χ0n) is 15.8. The van der Waals surface area contributed by atoms with E-state index in [0.29, 0.717) is 19.4 Å². The highest BCUT2D eigenvalue weighted by molar-refractivity contribution is 9.10. The van der Waals surface area contributed by atoms with E-state index in [1.165, 1.54) is 17.7 Å². The summed E-state index contributed by atoms with van der Waals surface area (Å²) in [6.45, 7) is 1.42. The number of amides is 1. The van der Waals surface area contributed by atoms with Gasteiger partial charge in [-0.3, -0.25) is 10.0 Å². The maximum absolute atomic E-state index is 13.1. The summed E-state index contributed by atoms with van der Waals surface area (Å²) in [7, 11) is 1.55. The molecule has 2 atom stereocenters. The highest BCUT2D eigenvalue weighted by Crippen LogP contribution is 2.26. The van der Waals surface area contributed by atoms with E-state index in [-0.39, 0.29) is 11.9 Å². The highest BCUT2D eigenvalue weighted by atomic mass is 79.9. The van der Waals surface area contributed by atoms with Crippen LogP contribution in [0.5, 0.6) is 0 Å². The Morgan fingerprint density at radius 3 is 2.61 bits per heavy atom. The third-order valence-corrected chi connectivity index (χ3v) is 5.15. The molecule has 1 amide bonds. The van der Waals surface area contributed by atoms with Crippen LogP contribution < -0.4 is 10.8 Å². The van der Waals surface area contributed by atoms with Gasteiger partial charge in [-0.1, -0.05) is 40.2 Å². The minimum absolute atomic E-state index is 0.321. The van der Waals surface area contributed by atoms with Gasteiger partial charge in [0.05, 0.1) is 6.10 Å². The molecule has 0 heterocycles. The van der Waals surface area contributed by atoms with Crippen LogP contribution in [0.2, 0.25) is 0 Å². The van der Waals surface area contributed by atoms with Gasteiger partial charge in [0, 0.05) is 17.5 Å². The van der Waals surface area contributed by atoms with E-state index in [4.69, 9.17) is 9.94 Å². The number of halogens is 2. The zero-order valence-corrected chi connectivity index (χ0v) is 17.4. The molecule has 0 aliphatic heterocycles. The molecule has 3 N–H and O–H groups in total. The molecule has 2 rings (SSSR count). The summed E-state index contributed by atoms with van der Waals surface area (Å²) in [6, 6.07) is 14.2. The second-order valence-corrected chi connectivity index (χ2v) is 7.52. The van der Waals surface area contributed by atoms with Gasteiger partial charge in [0.2, 0.25) is 5.91 Å². The van der Waals surface area contributed by atoms with Crippen LogP contribution >= 0.6 is 15.9 Å². The van der Waals surface area contributed by atoms with E-state index in [0.717, 1.165) is 23.0 Å². The number of carbonyl (C=O) groups excluding carboxylic acids is 1. The van der Waals surface area contributed by atoms with Crippen molar-refractivity contribution in [1.82, 2.24) is 10.8 Å². The molecule has 7 heteroatoms. The second kappa shape index (κ2) is 11.9. The van der Waals surface area contributed by atoms with Crippen LogP contribution in [0.15, 0.2) is 53.0 Å². The van der Waals surface area contributed by atoms with Crippen molar-refractivity contribution < 1.29 is 19.1 Å². The van der Waals surface area contributed by atoms with Crippen LogP contribution in [-0.4, -0.2) is 31.3 Å². The minimum atomic E-state index is -0.446. The van der Waals surface area contributed by atoms with Crippen LogP contribution in [0.1, 0.15) is 30.1 Å². The van der Waals surface area contributed by atoms with Crippen molar-refractivity contribution >= 4 is 21.8 Å². The number of hydrogen-bond donors (Lipinski definition) is 3. The van der Waals surface area contributed by atoms with Crippen molar-refractivity contribution in [2.75, 3.05) is 20.2 Å². The first-order valence-electron chi connectivity index (χ1n) is 9.21. The Kier molecular flexibility index (Phi) is 9.57. The Bertz CT molecular complexity index is 743. The van der Waals surface area contributed by atoms with E-state index >= 15 is 0 Å². The topological polar surface area (TPSA) is 70.6 Å². The van der Waals surface area contributed by atoms with Crippen molar-refractivity contribution in [3.8, 4) is 0 Å². The normalized spacial score (nSPS) is 13.1. The molecule has 2 unspecified atom stereocenters. The van der Waals surface area contributed by atoms with Crippen molar-refractivity contribution in [1.29, 1.82) is 0 Å². The smallest absolute Gasteiger partial charge is 0.246 e. The molecule has 0 saturated heterocycles. The second-order valence-electron chi connectivity index (χ2n) is 6.60. The van der Waals surface area contributed by atoms with E-state index in [1.54, 1.807) is 24.7 Å². The summed E-state index contributed by atoms with van der Waals surface area (Å²) in [5.41, 5.74) is 3.76. The molecule has 0 radical (unpaired) electrons. The summed E-state index contributed by atoms with van der Waals surface area (Å²) in [5.74, 6) is -1.20. The number of rotatable bonds is 11. The fraction of sp³-hybridized carbons (Fsp3) is 0.381. The number of benzene rings is 2. The summed E-state index contributed by atoms with van der Waals surface area (Å²) in [5, 5.41) is 12.4. The van der Waals surface area contributed by atoms with E-state index in [1.807, 2.05) is 12.1 Å². The summed E-state index contributed by atoms with van der Waals surface area (Å²) < 4.78 is 19.7. The molecule has 0 aliphatic carbocycles. The number of hydrogen-bond acceptors (Lipinski definition) is 4. The number of methoxy groups -OCH3 is 1. The van der Waals surface area contributed by atoms with Crippen molar-refractivity contribution in [2.45, 2.75) is 25.4 Å².